The fraction of sp³-hybridized carbons (Fsp3) is 0.846. The zero-order valence-corrected chi connectivity index (χ0v) is 11.9. The Hall–Kier alpha value is -1.30. The third kappa shape index (κ3) is 5.92. The summed E-state index contributed by atoms with van der Waals surface area (Å²) in [6.45, 7) is 6.97. The van der Waals surface area contributed by atoms with E-state index in [-0.39, 0.29) is 18.6 Å². The molecule has 0 bridgehead atoms. The molecule has 0 aromatic heterocycles. The van der Waals surface area contributed by atoms with Crippen molar-refractivity contribution < 1.29 is 14.7 Å². The average Bonchev–Trinajstić information content (AvgIpc) is 2.36. The van der Waals surface area contributed by atoms with Gasteiger partial charge in [-0.05, 0) is 39.8 Å². The second kappa shape index (κ2) is 7.99. The highest BCUT2D eigenvalue weighted by molar-refractivity contribution is 5.80. The SMILES string of the molecule is CC(C)N(CC(=O)O)C(=O)NCCN1CCCCC1. The molecule has 6 nitrogen and oxygen atoms in total. The van der Waals surface area contributed by atoms with Gasteiger partial charge >= 0.3 is 12.0 Å². The molecule has 0 atom stereocenters. The lowest BCUT2D eigenvalue weighted by molar-refractivity contribution is -0.138. The summed E-state index contributed by atoms with van der Waals surface area (Å²) in [4.78, 5) is 26.3. The Bertz CT molecular complexity index is 302. The van der Waals surface area contributed by atoms with Crippen molar-refractivity contribution in [3.8, 4) is 0 Å². The number of carbonyl (C=O) groups is 2. The van der Waals surface area contributed by atoms with E-state index in [1.165, 1.54) is 24.2 Å². The summed E-state index contributed by atoms with van der Waals surface area (Å²) < 4.78 is 0. The van der Waals surface area contributed by atoms with E-state index in [2.05, 4.69) is 10.2 Å². The second-order valence-corrected chi connectivity index (χ2v) is 5.25. The topological polar surface area (TPSA) is 72.9 Å². The summed E-state index contributed by atoms with van der Waals surface area (Å²) in [6.07, 6.45) is 3.75. The molecule has 1 aliphatic rings. The highest BCUT2D eigenvalue weighted by Crippen LogP contribution is 2.07. The molecule has 1 aliphatic heterocycles. The molecule has 0 saturated carbocycles. The highest BCUT2D eigenvalue weighted by atomic mass is 16.4. The molecule has 0 unspecified atom stereocenters. The zero-order valence-electron chi connectivity index (χ0n) is 11.9. The van der Waals surface area contributed by atoms with Crippen LogP contribution in [-0.2, 0) is 4.79 Å². The number of carboxylic acid groups (broad SMARTS) is 1. The van der Waals surface area contributed by atoms with Gasteiger partial charge in [0.1, 0.15) is 6.54 Å². The number of nitrogens with one attached hydrogen (secondary N) is 1. The number of rotatable bonds is 6. The number of urea groups is 1. The van der Waals surface area contributed by atoms with E-state index < -0.39 is 5.97 Å². The van der Waals surface area contributed by atoms with Crippen molar-refractivity contribution in [2.75, 3.05) is 32.7 Å². The van der Waals surface area contributed by atoms with Crippen LogP contribution in [0.4, 0.5) is 4.79 Å². The van der Waals surface area contributed by atoms with Gasteiger partial charge in [0.25, 0.3) is 0 Å². The number of likely N-dealkylation sites (tertiary alicyclic amines) is 1. The quantitative estimate of drug-likeness (QED) is 0.755. The Morgan fingerprint density at radius 2 is 1.89 bits per heavy atom. The number of carboxylic acids is 1. The first-order valence-electron chi connectivity index (χ1n) is 6.99. The van der Waals surface area contributed by atoms with E-state index in [0.29, 0.717) is 6.54 Å². The van der Waals surface area contributed by atoms with E-state index in [4.69, 9.17) is 5.11 Å². The van der Waals surface area contributed by atoms with E-state index in [0.717, 1.165) is 19.6 Å². The molecule has 1 rings (SSSR count). The van der Waals surface area contributed by atoms with Gasteiger partial charge in [0.2, 0.25) is 0 Å². The maximum absolute atomic E-state index is 11.9. The number of carbonyl (C=O) groups excluding carboxylic acids is 1. The van der Waals surface area contributed by atoms with Gasteiger partial charge in [0.05, 0.1) is 0 Å². The molecule has 0 aromatic carbocycles. The smallest absolute Gasteiger partial charge is 0.323 e. The summed E-state index contributed by atoms with van der Waals surface area (Å²) in [5.41, 5.74) is 0. The van der Waals surface area contributed by atoms with Gasteiger partial charge in [-0.15, -0.1) is 0 Å². The second-order valence-electron chi connectivity index (χ2n) is 5.25. The van der Waals surface area contributed by atoms with Gasteiger partial charge in [-0.25, -0.2) is 4.79 Å². The predicted molar refractivity (Wildman–Crippen MR) is 73.2 cm³/mol. The number of amides is 2. The maximum atomic E-state index is 11.9. The van der Waals surface area contributed by atoms with Gasteiger partial charge < -0.3 is 20.2 Å². The molecule has 6 heteroatoms. The molecule has 1 fully saturated rings. The first kappa shape index (κ1) is 15.8. The summed E-state index contributed by atoms with van der Waals surface area (Å²) in [5.74, 6) is -0.986. The number of piperidine rings is 1. The van der Waals surface area contributed by atoms with Gasteiger partial charge in [-0.3, -0.25) is 4.79 Å². The summed E-state index contributed by atoms with van der Waals surface area (Å²) in [6, 6.07) is -0.416. The molecule has 2 amide bonds. The molecule has 0 aromatic rings. The van der Waals surface area contributed by atoms with Crippen LogP contribution in [0.5, 0.6) is 0 Å². The molecule has 0 radical (unpaired) electrons. The van der Waals surface area contributed by atoms with Crippen LogP contribution in [0.15, 0.2) is 0 Å². The minimum atomic E-state index is -0.986. The van der Waals surface area contributed by atoms with Crippen LogP contribution in [0, 0.1) is 0 Å². The molecule has 1 heterocycles. The third-order valence-electron chi connectivity index (χ3n) is 3.34. The maximum Gasteiger partial charge on any atom is 0.323 e. The monoisotopic (exact) mass is 271 g/mol. The van der Waals surface area contributed by atoms with Gasteiger partial charge in [0, 0.05) is 19.1 Å². The number of nitrogens with zero attached hydrogens (tertiary/aromatic N) is 2. The summed E-state index contributed by atoms with van der Waals surface area (Å²) >= 11 is 0. The fourth-order valence-corrected chi connectivity index (χ4v) is 2.24. The normalized spacial score (nSPS) is 16.4. The van der Waals surface area contributed by atoms with E-state index in [9.17, 15) is 9.59 Å². The molecule has 110 valence electrons. The van der Waals surface area contributed by atoms with Crippen LogP contribution in [-0.4, -0.2) is 65.7 Å². The van der Waals surface area contributed by atoms with Crippen molar-refractivity contribution in [2.24, 2.45) is 0 Å². The van der Waals surface area contributed by atoms with Crippen LogP contribution < -0.4 is 5.32 Å². The molecule has 0 spiro atoms. The predicted octanol–water partition coefficient (Wildman–Crippen LogP) is 0.977. The Morgan fingerprint density at radius 3 is 2.42 bits per heavy atom. The molecule has 0 aliphatic carbocycles. The lowest BCUT2D eigenvalue weighted by Gasteiger charge is -2.28. The van der Waals surface area contributed by atoms with Crippen molar-refractivity contribution in [3.05, 3.63) is 0 Å². The summed E-state index contributed by atoms with van der Waals surface area (Å²) in [7, 11) is 0. The van der Waals surface area contributed by atoms with Crippen molar-refractivity contribution in [2.45, 2.75) is 39.2 Å². The van der Waals surface area contributed by atoms with Crippen LogP contribution >= 0.6 is 0 Å². The Morgan fingerprint density at radius 1 is 1.26 bits per heavy atom. The molecule has 19 heavy (non-hydrogen) atoms. The number of hydrogen-bond acceptors (Lipinski definition) is 3. The van der Waals surface area contributed by atoms with E-state index in [1.807, 2.05) is 13.8 Å². The first-order chi connectivity index (χ1) is 9.00. The first-order valence-corrected chi connectivity index (χ1v) is 6.99. The third-order valence-corrected chi connectivity index (χ3v) is 3.34. The van der Waals surface area contributed by atoms with Crippen LogP contribution in [0.2, 0.25) is 0 Å². The van der Waals surface area contributed by atoms with Crippen molar-refractivity contribution in [1.29, 1.82) is 0 Å². The standard InChI is InChI=1S/C13H25N3O3/c1-11(2)16(10-12(17)18)13(19)14-6-9-15-7-4-3-5-8-15/h11H,3-10H2,1-2H3,(H,14,19)(H,17,18). The van der Waals surface area contributed by atoms with Crippen molar-refractivity contribution >= 4 is 12.0 Å². The minimum Gasteiger partial charge on any atom is -0.480 e. The van der Waals surface area contributed by atoms with E-state index >= 15 is 0 Å². The average molecular weight is 271 g/mol. The van der Waals surface area contributed by atoms with Crippen molar-refractivity contribution in [1.82, 2.24) is 15.1 Å². The minimum absolute atomic E-state index is 0.119. The number of hydrogen-bond donors (Lipinski definition) is 2. The van der Waals surface area contributed by atoms with Crippen molar-refractivity contribution in [3.63, 3.8) is 0 Å². The fourth-order valence-electron chi connectivity index (χ4n) is 2.24. The Labute approximate surface area is 114 Å². The largest absolute Gasteiger partial charge is 0.480 e. The lowest BCUT2D eigenvalue weighted by atomic mass is 10.1. The van der Waals surface area contributed by atoms with Crippen LogP contribution in [0.3, 0.4) is 0 Å². The van der Waals surface area contributed by atoms with Gasteiger partial charge in [-0.2, -0.15) is 0 Å². The van der Waals surface area contributed by atoms with Gasteiger partial charge in [-0.1, -0.05) is 6.42 Å². The molecular weight excluding hydrogens is 246 g/mol. The van der Waals surface area contributed by atoms with Crippen LogP contribution in [0.1, 0.15) is 33.1 Å². The molecule has 1 saturated heterocycles. The summed E-state index contributed by atoms with van der Waals surface area (Å²) in [5, 5.41) is 11.6. The highest BCUT2D eigenvalue weighted by Gasteiger charge is 2.19. The molecular formula is C13H25N3O3. The van der Waals surface area contributed by atoms with Gasteiger partial charge in [0.15, 0.2) is 0 Å². The Balaban J connectivity index is 2.29. The van der Waals surface area contributed by atoms with E-state index in [1.54, 1.807) is 0 Å². The number of aliphatic carboxylic acids is 1. The molecule has 2 N–H and O–H groups in total. The zero-order chi connectivity index (χ0) is 14.3. The van der Waals surface area contributed by atoms with Crippen LogP contribution in [0.25, 0.3) is 0 Å². The lowest BCUT2D eigenvalue weighted by Crippen LogP contribution is -2.48. The Kier molecular flexibility index (Phi) is 6.62.